The van der Waals surface area contributed by atoms with Crippen molar-refractivity contribution in [2.45, 2.75) is 39.3 Å². The van der Waals surface area contributed by atoms with Crippen LogP contribution in [0.3, 0.4) is 0 Å². The summed E-state index contributed by atoms with van der Waals surface area (Å²) in [4.78, 5) is 12.0. The van der Waals surface area contributed by atoms with E-state index in [1.807, 2.05) is 23.8 Å². The Morgan fingerprint density at radius 2 is 2.35 bits per heavy atom. The summed E-state index contributed by atoms with van der Waals surface area (Å²) >= 11 is 3.38. The molecule has 0 aliphatic carbocycles. The van der Waals surface area contributed by atoms with E-state index < -0.39 is 0 Å². The quantitative estimate of drug-likeness (QED) is 0.846. The number of aliphatic hydroxyl groups excluding tert-OH is 1. The molecule has 1 aromatic rings. The van der Waals surface area contributed by atoms with Gasteiger partial charge in [-0.1, -0.05) is 6.92 Å². The second-order valence-electron chi connectivity index (χ2n) is 4.12. The molecule has 0 radical (unpaired) electrons. The molecule has 1 heterocycles. The zero-order valence-electron chi connectivity index (χ0n) is 10.2. The maximum atomic E-state index is 12.0. The van der Waals surface area contributed by atoms with E-state index in [0.717, 1.165) is 17.4 Å². The maximum absolute atomic E-state index is 12.0. The second kappa shape index (κ2) is 6.81. The van der Waals surface area contributed by atoms with Crippen LogP contribution in [0.1, 0.15) is 37.2 Å². The highest BCUT2D eigenvalue weighted by Crippen LogP contribution is 2.15. The molecule has 0 spiro atoms. The Bertz CT molecular complexity index is 377. The van der Waals surface area contributed by atoms with Crippen LogP contribution in [-0.4, -0.2) is 28.2 Å². The number of halogens is 1. The highest BCUT2D eigenvalue weighted by molar-refractivity contribution is 9.10. The van der Waals surface area contributed by atoms with Gasteiger partial charge in [-0.3, -0.25) is 4.79 Å². The van der Waals surface area contributed by atoms with Crippen LogP contribution in [0.4, 0.5) is 0 Å². The minimum atomic E-state index is -0.0925. The molecule has 0 aliphatic rings. The van der Waals surface area contributed by atoms with Gasteiger partial charge in [-0.2, -0.15) is 0 Å². The van der Waals surface area contributed by atoms with Crippen molar-refractivity contribution in [3.63, 3.8) is 0 Å². The largest absolute Gasteiger partial charge is 0.396 e. The Hall–Kier alpha value is -0.810. The summed E-state index contributed by atoms with van der Waals surface area (Å²) < 4.78 is 2.84. The van der Waals surface area contributed by atoms with Crippen LogP contribution in [0.25, 0.3) is 0 Å². The molecular formula is C12H19BrN2O2. The molecule has 96 valence electrons. The molecule has 1 unspecified atom stereocenters. The normalized spacial score (nSPS) is 12.5. The predicted octanol–water partition coefficient (Wildman–Crippen LogP) is 2.16. The van der Waals surface area contributed by atoms with Gasteiger partial charge in [0.2, 0.25) is 0 Å². The molecule has 1 aromatic heterocycles. The van der Waals surface area contributed by atoms with Gasteiger partial charge >= 0.3 is 0 Å². The van der Waals surface area contributed by atoms with Crippen LogP contribution in [0.2, 0.25) is 0 Å². The van der Waals surface area contributed by atoms with Crippen molar-refractivity contribution >= 4 is 21.8 Å². The predicted molar refractivity (Wildman–Crippen MR) is 71.1 cm³/mol. The summed E-state index contributed by atoms with van der Waals surface area (Å²) in [6, 6.07) is 1.80. The molecule has 2 N–H and O–H groups in total. The highest BCUT2D eigenvalue weighted by Gasteiger charge is 2.14. The first-order chi connectivity index (χ1) is 8.08. The number of nitrogens with one attached hydrogen (secondary N) is 1. The molecule has 0 aromatic carbocycles. The van der Waals surface area contributed by atoms with Crippen LogP contribution >= 0.6 is 15.9 Å². The first-order valence-corrected chi connectivity index (χ1v) is 6.65. The van der Waals surface area contributed by atoms with Gasteiger partial charge in [0.1, 0.15) is 5.69 Å². The van der Waals surface area contributed by atoms with Gasteiger partial charge < -0.3 is 15.0 Å². The molecular weight excluding hydrogens is 284 g/mol. The van der Waals surface area contributed by atoms with Crippen LogP contribution in [-0.2, 0) is 6.54 Å². The monoisotopic (exact) mass is 302 g/mol. The Morgan fingerprint density at radius 3 is 2.94 bits per heavy atom. The van der Waals surface area contributed by atoms with E-state index in [9.17, 15) is 4.79 Å². The Kier molecular flexibility index (Phi) is 5.71. The van der Waals surface area contributed by atoms with E-state index in [1.54, 1.807) is 0 Å². The van der Waals surface area contributed by atoms with E-state index in [1.165, 1.54) is 0 Å². The number of aliphatic hydroxyl groups is 1. The molecule has 1 amide bonds. The standard InChI is InChI=1S/C12H19BrN2O2/c1-3-5-15-8-10(13)7-11(15)12(17)14-9(2)4-6-16/h7-9,16H,3-6H2,1-2H3,(H,14,17). The molecule has 0 saturated heterocycles. The first-order valence-electron chi connectivity index (χ1n) is 5.85. The molecule has 5 heteroatoms. The lowest BCUT2D eigenvalue weighted by atomic mass is 10.2. The van der Waals surface area contributed by atoms with E-state index >= 15 is 0 Å². The van der Waals surface area contributed by atoms with E-state index in [-0.39, 0.29) is 18.6 Å². The number of rotatable bonds is 6. The van der Waals surface area contributed by atoms with Gasteiger partial charge in [-0.05, 0) is 41.8 Å². The van der Waals surface area contributed by atoms with E-state index in [0.29, 0.717) is 12.1 Å². The van der Waals surface area contributed by atoms with Gasteiger partial charge in [-0.25, -0.2) is 0 Å². The van der Waals surface area contributed by atoms with E-state index in [2.05, 4.69) is 28.2 Å². The summed E-state index contributed by atoms with van der Waals surface area (Å²) in [6.45, 7) is 4.87. The average Bonchev–Trinajstić information content (AvgIpc) is 2.60. The van der Waals surface area contributed by atoms with Crippen molar-refractivity contribution < 1.29 is 9.90 Å². The fraction of sp³-hybridized carbons (Fsp3) is 0.583. The van der Waals surface area contributed by atoms with Gasteiger partial charge in [0.25, 0.3) is 5.91 Å². The number of hydrogen-bond donors (Lipinski definition) is 2. The van der Waals surface area contributed by atoms with Gasteiger partial charge in [0.05, 0.1) is 0 Å². The zero-order chi connectivity index (χ0) is 12.8. The van der Waals surface area contributed by atoms with Crippen molar-refractivity contribution in [3.8, 4) is 0 Å². The Morgan fingerprint density at radius 1 is 1.65 bits per heavy atom. The van der Waals surface area contributed by atoms with Crippen molar-refractivity contribution in [1.29, 1.82) is 0 Å². The number of carbonyl (C=O) groups is 1. The van der Waals surface area contributed by atoms with Gasteiger partial charge in [-0.15, -0.1) is 0 Å². The summed E-state index contributed by atoms with van der Waals surface area (Å²) in [5.74, 6) is -0.0925. The van der Waals surface area contributed by atoms with Crippen LogP contribution in [0, 0.1) is 0 Å². The number of carbonyl (C=O) groups excluding carboxylic acids is 1. The second-order valence-corrected chi connectivity index (χ2v) is 5.04. The molecule has 0 saturated carbocycles. The molecule has 0 aliphatic heterocycles. The summed E-state index contributed by atoms with van der Waals surface area (Å²) in [5, 5.41) is 11.7. The van der Waals surface area contributed by atoms with Gasteiger partial charge in [0.15, 0.2) is 0 Å². The number of nitrogens with zero attached hydrogens (tertiary/aromatic N) is 1. The zero-order valence-corrected chi connectivity index (χ0v) is 11.8. The fourth-order valence-electron chi connectivity index (χ4n) is 1.65. The molecule has 1 rings (SSSR count). The molecule has 0 bridgehead atoms. The minimum Gasteiger partial charge on any atom is -0.396 e. The van der Waals surface area contributed by atoms with Crippen LogP contribution in [0.15, 0.2) is 16.7 Å². The number of aromatic nitrogens is 1. The van der Waals surface area contributed by atoms with Crippen molar-refractivity contribution in [2.24, 2.45) is 0 Å². The average molecular weight is 303 g/mol. The molecule has 4 nitrogen and oxygen atoms in total. The topological polar surface area (TPSA) is 54.3 Å². The molecule has 17 heavy (non-hydrogen) atoms. The van der Waals surface area contributed by atoms with Crippen molar-refractivity contribution in [2.75, 3.05) is 6.61 Å². The third-order valence-electron chi connectivity index (χ3n) is 2.50. The third kappa shape index (κ3) is 4.16. The number of hydrogen-bond acceptors (Lipinski definition) is 2. The lowest BCUT2D eigenvalue weighted by Gasteiger charge is -2.13. The van der Waals surface area contributed by atoms with E-state index in [4.69, 9.17) is 5.11 Å². The van der Waals surface area contributed by atoms with Gasteiger partial charge in [0, 0.05) is 29.9 Å². The first kappa shape index (κ1) is 14.3. The lowest BCUT2D eigenvalue weighted by Crippen LogP contribution is -2.34. The van der Waals surface area contributed by atoms with Crippen LogP contribution in [0.5, 0.6) is 0 Å². The third-order valence-corrected chi connectivity index (χ3v) is 2.93. The Balaban J connectivity index is 2.73. The summed E-state index contributed by atoms with van der Waals surface area (Å²) in [6.07, 6.45) is 3.46. The fourth-order valence-corrected chi connectivity index (χ4v) is 2.12. The smallest absolute Gasteiger partial charge is 0.268 e. The molecule has 0 fully saturated rings. The highest BCUT2D eigenvalue weighted by atomic mass is 79.9. The lowest BCUT2D eigenvalue weighted by molar-refractivity contribution is 0.0925. The SMILES string of the molecule is CCCn1cc(Br)cc1C(=O)NC(C)CCO. The maximum Gasteiger partial charge on any atom is 0.268 e. The minimum absolute atomic E-state index is 0.0174. The number of aryl methyl sites for hydroxylation is 1. The van der Waals surface area contributed by atoms with Crippen molar-refractivity contribution in [1.82, 2.24) is 9.88 Å². The summed E-state index contributed by atoms with van der Waals surface area (Å²) in [7, 11) is 0. The summed E-state index contributed by atoms with van der Waals surface area (Å²) in [5.41, 5.74) is 0.656. The van der Waals surface area contributed by atoms with Crippen LogP contribution < -0.4 is 5.32 Å². The number of amides is 1. The van der Waals surface area contributed by atoms with Crippen molar-refractivity contribution in [3.05, 3.63) is 22.4 Å². The Labute approximate surface area is 110 Å². The molecule has 1 atom stereocenters.